The molecule has 36 heavy (non-hydrogen) atoms. The summed E-state index contributed by atoms with van der Waals surface area (Å²) in [6, 6.07) is 39.6. The Bertz CT molecular complexity index is 1770. The molecule has 0 aliphatic heterocycles. The van der Waals surface area contributed by atoms with Crippen LogP contribution in [0.15, 0.2) is 118 Å². The number of para-hydroxylation sites is 2. The Kier molecular flexibility index (Phi) is 5.26. The van der Waals surface area contributed by atoms with Crippen molar-refractivity contribution in [2.24, 2.45) is 0 Å². The fourth-order valence-corrected chi connectivity index (χ4v) is 6.20. The average Bonchev–Trinajstić information content (AvgIpc) is 3.37. The van der Waals surface area contributed by atoms with Crippen LogP contribution in [0.2, 0.25) is 0 Å². The van der Waals surface area contributed by atoms with Crippen molar-refractivity contribution < 1.29 is 0 Å². The van der Waals surface area contributed by atoms with Crippen LogP contribution in [-0.4, -0.2) is 9.13 Å². The van der Waals surface area contributed by atoms with Gasteiger partial charge in [-0.3, -0.25) is 0 Å². The summed E-state index contributed by atoms with van der Waals surface area (Å²) >= 11 is 7.33. The summed E-state index contributed by atoms with van der Waals surface area (Å²) in [6.07, 6.45) is 0. The number of hydrogen-bond donors (Lipinski definition) is 0. The van der Waals surface area contributed by atoms with E-state index in [1.165, 1.54) is 54.7 Å². The lowest BCUT2D eigenvalue weighted by Crippen LogP contribution is -2.02. The van der Waals surface area contributed by atoms with E-state index >= 15 is 0 Å². The van der Waals surface area contributed by atoms with Gasteiger partial charge in [-0.05, 0) is 47.5 Å². The van der Waals surface area contributed by atoms with Gasteiger partial charge in [-0.1, -0.05) is 105 Å². The quantitative estimate of drug-likeness (QED) is 0.192. The van der Waals surface area contributed by atoms with Crippen molar-refractivity contribution in [3.8, 4) is 0 Å². The van der Waals surface area contributed by atoms with Crippen LogP contribution in [0, 0.1) is 0 Å². The molecule has 0 saturated carbocycles. The molecule has 2 nitrogen and oxygen atoms in total. The lowest BCUT2D eigenvalue weighted by Gasteiger charge is -2.11. The standard InChI is InChI=1S/C32H22Br2N2/c33-23-13-15-27-25-5-1-3-7-29(25)35(31(27)17-23)19-21-9-11-22(12-10-21)20-36-30-8-4-2-6-26(30)28-16-14-24(34)18-32(28)36/h1-18H,19-20H2. The summed E-state index contributed by atoms with van der Waals surface area (Å²) in [5.74, 6) is 0. The molecule has 4 heteroatoms. The van der Waals surface area contributed by atoms with Crippen LogP contribution in [0.1, 0.15) is 11.1 Å². The third-order valence-electron chi connectivity index (χ3n) is 7.18. The molecule has 174 valence electrons. The molecule has 0 bridgehead atoms. The van der Waals surface area contributed by atoms with Crippen LogP contribution >= 0.6 is 31.9 Å². The van der Waals surface area contributed by atoms with Gasteiger partial charge in [0.2, 0.25) is 0 Å². The van der Waals surface area contributed by atoms with Crippen LogP contribution in [0.3, 0.4) is 0 Å². The molecule has 0 spiro atoms. The Morgan fingerprint density at radius 1 is 0.417 bits per heavy atom. The third kappa shape index (κ3) is 3.59. The van der Waals surface area contributed by atoms with Crippen LogP contribution < -0.4 is 0 Å². The Morgan fingerprint density at radius 2 is 0.806 bits per heavy atom. The lowest BCUT2D eigenvalue weighted by molar-refractivity contribution is 0.852. The van der Waals surface area contributed by atoms with Crippen LogP contribution in [0.4, 0.5) is 0 Å². The zero-order valence-corrected chi connectivity index (χ0v) is 22.6. The van der Waals surface area contributed by atoms with Crippen LogP contribution in [-0.2, 0) is 13.1 Å². The van der Waals surface area contributed by atoms with Crippen molar-refractivity contribution in [1.82, 2.24) is 9.13 Å². The Morgan fingerprint density at radius 3 is 1.25 bits per heavy atom. The minimum atomic E-state index is 0.836. The van der Waals surface area contributed by atoms with Crippen molar-refractivity contribution in [3.05, 3.63) is 129 Å². The third-order valence-corrected chi connectivity index (χ3v) is 8.16. The Hall–Kier alpha value is -3.34. The molecule has 5 aromatic carbocycles. The van der Waals surface area contributed by atoms with E-state index in [0.29, 0.717) is 0 Å². The molecule has 0 N–H and O–H groups in total. The van der Waals surface area contributed by atoms with Gasteiger partial charge in [-0.2, -0.15) is 0 Å². The van der Waals surface area contributed by atoms with E-state index < -0.39 is 0 Å². The van der Waals surface area contributed by atoms with Crippen molar-refractivity contribution >= 4 is 75.5 Å². The van der Waals surface area contributed by atoms with Gasteiger partial charge in [0.25, 0.3) is 0 Å². The molecule has 0 unspecified atom stereocenters. The predicted octanol–water partition coefficient (Wildman–Crippen LogP) is 9.52. The first-order valence-electron chi connectivity index (χ1n) is 12.1. The minimum absolute atomic E-state index is 0.836. The summed E-state index contributed by atoms with van der Waals surface area (Å²) in [7, 11) is 0. The average molecular weight is 594 g/mol. The molecule has 0 saturated heterocycles. The monoisotopic (exact) mass is 592 g/mol. The lowest BCUT2D eigenvalue weighted by atomic mass is 10.1. The van der Waals surface area contributed by atoms with E-state index in [-0.39, 0.29) is 0 Å². The second-order valence-corrected chi connectivity index (χ2v) is 11.2. The number of hydrogen-bond acceptors (Lipinski definition) is 0. The van der Waals surface area contributed by atoms with Crippen molar-refractivity contribution in [2.45, 2.75) is 13.1 Å². The fraction of sp³-hybridized carbons (Fsp3) is 0.0625. The molecular formula is C32H22Br2N2. The summed E-state index contributed by atoms with van der Waals surface area (Å²) < 4.78 is 7.06. The van der Waals surface area contributed by atoms with Gasteiger partial charge in [0.15, 0.2) is 0 Å². The van der Waals surface area contributed by atoms with Gasteiger partial charge < -0.3 is 9.13 Å². The summed E-state index contributed by atoms with van der Waals surface area (Å²) in [5, 5.41) is 5.19. The highest BCUT2D eigenvalue weighted by Gasteiger charge is 2.13. The maximum atomic E-state index is 3.67. The zero-order valence-electron chi connectivity index (χ0n) is 19.5. The molecule has 0 aliphatic rings. The topological polar surface area (TPSA) is 9.86 Å². The molecule has 0 fully saturated rings. The first-order chi connectivity index (χ1) is 17.7. The molecule has 7 aromatic rings. The number of fused-ring (bicyclic) bond motifs is 6. The number of halogens is 2. The van der Waals surface area contributed by atoms with E-state index in [9.17, 15) is 0 Å². The molecule has 0 radical (unpaired) electrons. The second-order valence-electron chi connectivity index (χ2n) is 9.35. The van der Waals surface area contributed by atoms with Gasteiger partial charge in [0.1, 0.15) is 0 Å². The molecule has 0 aliphatic carbocycles. The zero-order chi connectivity index (χ0) is 24.2. The van der Waals surface area contributed by atoms with Gasteiger partial charge in [0.05, 0.1) is 11.0 Å². The van der Waals surface area contributed by atoms with E-state index in [1.807, 2.05) is 0 Å². The minimum Gasteiger partial charge on any atom is -0.336 e. The van der Waals surface area contributed by atoms with Crippen molar-refractivity contribution in [1.29, 1.82) is 0 Å². The van der Waals surface area contributed by atoms with Crippen LogP contribution in [0.25, 0.3) is 43.6 Å². The smallest absolute Gasteiger partial charge is 0.0505 e. The number of nitrogens with zero attached hydrogens (tertiary/aromatic N) is 2. The largest absolute Gasteiger partial charge is 0.336 e. The van der Waals surface area contributed by atoms with Gasteiger partial charge in [-0.15, -0.1) is 0 Å². The van der Waals surface area contributed by atoms with Gasteiger partial charge >= 0.3 is 0 Å². The van der Waals surface area contributed by atoms with Crippen LogP contribution in [0.5, 0.6) is 0 Å². The second kappa shape index (κ2) is 8.65. The van der Waals surface area contributed by atoms with Crippen molar-refractivity contribution in [3.63, 3.8) is 0 Å². The highest BCUT2D eigenvalue weighted by Crippen LogP contribution is 2.33. The SMILES string of the molecule is Brc1ccc2c3ccccc3n(Cc3ccc(Cn4c5ccccc5c5ccc(Br)cc54)cc3)c2c1. The summed E-state index contributed by atoms with van der Waals surface area (Å²) in [4.78, 5) is 0. The summed E-state index contributed by atoms with van der Waals surface area (Å²) in [5.41, 5.74) is 7.64. The fourth-order valence-electron chi connectivity index (χ4n) is 5.50. The molecule has 2 heterocycles. The molecular weight excluding hydrogens is 572 g/mol. The van der Waals surface area contributed by atoms with E-state index in [4.69, 9.17) is 0 Å². The highest BCUT2D eigenvalue weighted by molar-refractivity contribution is 9.10. The summed E-state index contributed by atoms with van der Waals surface area (Å²) in [6.45, 7) is 1.67. The highest BCUT2D eigenvalue weighted by atomic mass is 79.9. The maximum Gasteiger partial charge on any atom is 0.0505 e. The van der Waals surface area contributed by atoms with E-state index in [2.05, 4.69) is 150 Å². The number of aromatic nitrogens is 2. The molecule has 0 amide bonds. The van der Waals surface area contributed by atoms with E-state index in [1.54, 1.807) is 0 Å². The molecule has 0 atom stereocenters. The Labute approximate surface area is 226 Å². The normalized spacial score (nSPS) is 11.8. The van der Waals surface area contributed by atoms with Crippen molar-refractivity contribution in [2.75, 3.05) is 0 Å². The van der Waals surface area contributed by atoms with Gasteiger partial charge in [0, 0.05) is 54.6 Å². The first kappa shape index (κ1) is 21.9. The van der Waals surface area contributed by atoms with Gasteiger partial charge in [-0.25, -0.2) is 0 Å². The predicted molar refractivity (Wildman–Crippen MR) is 159 cm³/mol. The number of benzene rings is 5. The molecule has 2 aromatic heterocycles. The maximum absolute atomic E-state index is 3.67. The Balaban J connectivity index is 1.26. The first-order valence-corrected chi connectivity index (χ1v) is 13.7. The van der Waals surface area contributed by atoms with E-state index in [0.717, 1.165) is 22.0 Å². The number of rotatable bonds is 4. The molecule has 7 rings (SSSR count).